The third-order valence-corrected chi connectivity index (χ3v) is 4.76. The third-order valence-electron chi connectivity index (χ3n) is 3.60. The van der Waals surface area contributed by atoms with Crippen LogP contribution in [0.3, 0.4) is 0 Å². The first kappa shape index (κ1) is 19.1. The normalized spacial score (nSPS) is 18.2. The number of nitrogens with one attached hydrogen (secondary N) is 1. The first-order valence-corrected chi connectivity index (χ1v) is 8.74. The van der Waals surface area contributed by atoms with Crippen LogP contribution in [-0.2, 0) is 16.1 Å². The number of ether oxygens (including phenoxy) is 1. The highest BCUT2D eigenvalue weighted by atomic mass is 35.5. The van der Waals surface area contributed by atoms with E-state index in [2.05, 4.69) is 10.3 Å². The van der Waals surface area contributed by atoms with E-state index in [1.165, 1.54) is 11.3 Å². The number of morpholine rings is 1. The van der Waals surface area contributed by atoms with Gasteiger partial charge in [0.25, 0.3) is 0 Å². The predicted molar refractivity (Wildman–Crippen MR) is 97.9 cm³/mol. The fourth-order valence-electron chi connectivity index (χ4n) is 2.43. The Kier molecular flexibility index (Phi) is 7.45. The van der Waals surface area contributed by atoms with Crippen molar-refractivity contribution in [3.8, 4) is 0 Å². The zero-order valence-electron chi connectivity index (χ0n) is 13.0. The van der Waals surface area contributed by atoms with Gasteiger partial charge in [-0.1, -0.05) is 29.8 Å². The van der Waals surface area contributed by atoms with Gasteiger partial charge in [0, 0.05) is 35.6 Å². The molecule has 1 N–H and O–H groups in total. The van der Waals surface area contributed by atoms with E-state index in [9.17, 15) is 4.79 Å². The molecule has 0 saturated carbocycles. The van der Waals surface area contributed by atoms with Gasteiger partial charge in [-0.3, -0.25) is 4.79 Å². The van der Waals surface area contributed by atoms with Crippen molar-refractivity contribution in [3.63, 3.8) is 0 Å². The molecule has 8 heteroatoms. The zero-order chi connectivity index (χ0) is 16.1. The van der Waals surface area contributed by atoms with Gasteiger partial charge in [0.2, 0.25) is 5.91 Å². The van der Waals surface area contributed by atoms with E-state index in [1.807, 2.05) is 40.4 Å². The van der Waals surface area contributed by atoms with E-state index in [-0.39, 0.29) is 24.4 Å². The molecule has 0 bridgehead atoms. The summed E-state index contributed by atoms with van der Waals surface area (Å²) in [4.78, 5) is 17.1. The SMILES string of the molecule is Cl.O=C(CC1COCCN1)N=c1sccn1Cc1ccccc1Cl. The molecule has 0 aliphatic carbocycles. The summed E-state index contributed by atoms with van der Waals surface area (Å²) in [6.07, 6.45) is 2.27. The Labute approximate surface area is 155 Å². The number of amides is 1. The largest absolute Gasteiger partial charge is 0.378 e. The van der Waals surface area contributed by atoms with E-state index in [0.717, 1.165) is 12.1 Å². The molecule has 1 saturated heterocycles. The zero-order valence-corrected chi connectivity index (χ0v) is 15.4. The number of benzene rings is 1. The Hall–Kier alpha value is -1.18. The number of aromatic nitrogens is 1. The number of carbonyl (C=O) groups is 1. The van der Waals surface area contributed by atoms with Gasteiger partial charge >= 0.3 is 0 Å². The number of hydrogen-bond donors (Lipinski definition) is 1. The number of rotatable bonds is 4. The average molecular weight is 388 g/mol. The van der Waals surface area contributed by atoms with Gasteiger partial charge in [-0.15, -0.1) is 23.7 Å². The van der Waals surface area contributed by atoms with Gasteiger partial charge in [0.1, 0.15) is 0 Å². The van der Waals surface area contributed by atoms with Crippen molar-refractivity contribution in [2.45, 2.75) is 19.0 Å². The van der Waals surface area contributed by atoms with Gasteiger partial charge in [0.15, 0.2) is 4.80 Å². The summed E-state index contributed by atoms with van der Waals surface area (Å²) >= 11 is 7.64. The molecule has 1 aliphatic rings. The smallest absolute Gasteiger partial charge is 0.249 e. The predicted octanol–water partition coefficient (Wildman–Crippen LogP) is 2.48. The van der Waals surface area contributed by atoms with Crippen LogP contribution in [-0.4, -0.2) is 36.3 Å². The molecule has 24 heavy (non-hydrogen) atoms. The summed E-state index contributed by atoms with van der Waals surface area (Å²) in [6, 6.07) is 7.74. The summed E-state index contributed by atoms with van der Waals surface area (Å²) in [6.45, 7) is 2.64. The molecule has 2 heterocycles. The molecule has 1 aromatic heterocycles. The van der Waals surface area contributed by atoms with E-state index < -0.39 is 0 Å². The lowest BCUT2D eigenvalue weighted by molar-refractivity contribution is -0.119. The van der Waals surface area contributed by atoms with E-state index in [4.69, 9.17) is 16.3 Å². The maximum absolute atomic E-state index is 12.2. The molecule has 1 amide bonds. The minimum atomic E-state index is -0.136. The number of nitrogens with zero attached hydrogens (tertiary/aromatic N) is 2. The van der Waals surface area contributed by atoms with Crippen molar-refractivity contribution in [2.75, 3.05) is 19.8 Å². The number of hydrogen-bond acceptors (Lipinski definition) is 4. The van der Waals surface area contributed by atoms with Crippen molar-refractivity contribution in [3.05, 3.63) is 51.2 Å². The maximum Gasteiger partial charge on any atom is 0.249 e. The molecule has 1 aromatic carbocycles. The molecule has 5 nitrogen and oxygen atoms in total. The van der Waals surface area contributed by atoms with Gasteiger partial charge < -0.3 is 14.6 Å². The van der Waals surface area contributed by atoms with Crippen molar-refractivity contribution in [1.29, 1.82) is 0 Å². The van der Waals surface area contributed by atoms with Gasteiger partial charge in [-0.05, 0) is 11.6 Å². The van der Waals surface area contributed by atoms with Crippen LogP contribution in [0.5, 0.6) is 0 Å². The first-order chi connectivity index (χ1) is 11.2. The van der Waals surface area contributed by atoms with Crippen LogP contribution in [0, 0.1) is 0 Å². The summed E-state index contributed by atoms with van der Waals surface area (Å²) in [5.41, 5.74) is 1.00. The summed E-state index contributed by atoms with van der Waals surface area (Å²) in [5, 5.41) is 5.90. The van der Waals surface area contributed by atoms with Gasteiger partial charge in [0.05, 0.1) is 19.8 Å². The maximum atomic E-state index is 12.2. The Morgan fingerprint density at radius 1 is 1.46 bits per heavy atom. The highest BCUT2D eigenvalue weighted by Gasteiger charge is 2.16. The third kappa shape index (κ3) is 5.16. The molecule has 0 radical (unpaired) electrons. The Balaban J connectivity index is 0.00000208. The highest BCUT2D eigenvalue weighted by molar-refractivity contribution is 7.07. The van der Waals surface area contributed by atoms with Crippen molar-refractivity contribution < 1.29 is 9.53 Å². The van der Waals surface area contributed by atoms with Crippen molar-refractivity contribution >= 4 is 41.3 Å². The van der Waals surface area contributed by atoms with E-state index in [1.54, 1.807) is 0 Å². The fourth-order valence-corrected chi connectivity index (χ4v) is 3.37. The molecule has 1 atom stereocenters. The molecule has 0 spiro atoms. The lowest BCUT2D eigenvalue weighted by Gasteiger charge is -2.22. The topological polar surface area (TPSA) is 55.6 Å². The van der Waals surface area contributed by atoms with E-state index in [0.29, 0.717) is 36.0 Å². The lowest BCUT2D eigenvalue weighted by Crippen LogP contribution is -2.42. The van der Waals surface area contributed by atoms with Gasteiger partial charge in [-0.25, -0.2) is 0 Å². The molecule has 1 unspecified atom stereocenters. The first-order valence-electron chi connectivity index (χ1n) is 7.48. The molecular formula is C16H19Cl2N3O2S. The van der Waals surface area contributed by atoms with E-state index >= 15 is 0 Å². The highest BCUT2D eigenvalue weighted by Crippen LogP contribution is 2.15. The number of thiazole rings is 1. The Morgan fingerprint density at radius 2 is 2.29 bits per heavy atom. The van der Waals surface area contributed by atoms with Gasteiger partial charge in [-0.2, -0.15) is 4.99 Å². The fraction of sp³-hybridized carbons (Fsp3) is 0.375. The molecule has 1 fully saturated rings. The van der Waals surface area contributed by atoms with Crippen LogP contribution >= 0.6 is 35.3 Å². The minimum Gasteiger partial charge on any atom is -0.378 e. The van der Waals surface area contributed by atoms with Crippen molar-refractivity contribution in [1.82, 2.24) is 9.88 Å². The van der Waals surface area contributed by atoms with Crippen LogP contribution in [0.25, 0.3) is 0 Å². The average Bonchev–Trinajstić information content (AvgIpc) is 2.97. The number of halogens is 2. The van der Waals surface area contributed by atoms with Crippen LogP contribution in [0.4, 0.5) is 0 Å². The monoisotopic (exact) mass is 387 g/mol. The summed E-state index contributed by atoms with van der Waals surface area (Å²) in [7, 11) is 0. The van der Waals surface area contributed by atoms with Crippen LogP contribution in [0.15, 0.2) is 40.8 Å². The van der Waals surface area contributed by atoms with Crippen LogP contribution < -0.4 is 10.1 Å². The minimum absolute atomic E-state index is 0. The number of carbonyl (C=O) groups excluding carboxylic acids is 1. The summed E-state index contributed by atoms with van der Waals surface area (Å²) in [5.74, 6) is -0.136. The van der Waals surface area contributed by atoms with Crippen LogP contribution in [0.2, 0.25) is 5.02 Å². The lowest BCUT2D eigenvalue weighted by atomic mass is 10.2. The second-order valence-corrected chi connectivity index (χ2v) is 6.62. The Bertz CT molecular complexity index is 739. The Morgan fingerprint density at radius 3 is 3.04 bits per heavy atom. The molecule has 3 rings (SSSR count). The second kappa shape index (κ2) is 9.34. The van der Waals surface area contributed by atoms with Crippen LogP contribution in [0.1, 0.15) is 12.0 Å². The molecular weight excluding hydrogens is 369 g/mol. The molecule has 130 valence electrons. The standard InChI is InChI=1S/C16H18ClN3O2S.ClH/c17-14-4-2-1-3-12(14)10-20-6-8-23-16(20)19-15(21)9-13-11-22-7-5-18-13;/h1-4,6,8,13,18H,5,7,9-11H2;1H. The quantitative estimate of drug-likeness (QED) is 0.876. The van der Waals surface area contributed by atoms with Crippen molar-refractivity contribution in [2.24, 2.45) is 4.99 Å². The summed E-state index contributed by atoms with van der Waals surface area (Å²) < 4.78 is 7.30. The molecule has 2 aromatic rings. The molecule has 1 aliphatic heterocycles. The second-order valence-electron chi connectivity index (χ2n) is 5.34.